The number of carbonyl (C=O) groups excluding carboxylic acids is 3. The van der Waals surface area contributed by atoms with Gasteiger partial charge >= 0.3 is 0 Å². The second-order valence-corrected chi connectivity index (χ2v) is 9.99. The first-order chi connectivity index (χ1) is 16.3. The number of hydrogen-bond acceptors (Lipinski definition) is 6. The Morgan fingerprint density at radius 1 is 1.15 bits per heavy atom. The molecular formula is C26H29N3O4S. The van der Waals surface area contributed by atoms with E-state index < -0.39 is 5.25 Å². The normalized spacial score (nSPS) is 21.3. The fraction of sp³-hybridized carbons (Fsp3) is 0.385. The van der Waals surface area contributed by atoms with Gasteiger partial charge < -0.3 is 10.1 Å². The van der Waals surface area contributed by atoms with Gasteiger partial charge in [-0.25, -0.2) is 4.99 Å². The summed E-state index contributed by atoms with van der Waals surface area (Å²) in [5.41, 5.74) is 4.17. The van der Waals surface area contributed by atoms with Crippen molar-refractivity contribution < 1.29 is 19.1 Å². The first kappa shape index (κ1) is 24.2. The van der Waals surface area contributed by atoms with Gasteiger partial charge in [0.05, 0.1) is 18.3 Å². The minimum absolute atomic E-state index is 0.0126. The number of rotatable bonds is 7. The Kier molecular flexibility index (Phi) is 7.48. The molecule has 4 rings (SSSR count). The molecule has 0 aromatic heterocycles. The van der Waals surface area contributed by atoms with Crippen molar-refractivity contribution in [2.75, 3.05) is 18.5 Å². The van der Waals surface area contributed by atoms with Crippen LogP contribution in [0.5, 0.6) is 0 Å². The summed E-state index contributed by atoms with van der Waals surface area (Å²) in [6, 6.07) is 12.8. The molecule has 0 aliphatic carbocycles. The maximum atomic E-state index is 13.3. The number of benzene rings is 2. The molecule has 2 aliphatic heterocycles. The fourth-order valence-corrected chi connectivity index (χ4v) is 5.35. The molecule has 8 heteroatoms. The maximum Gasteiger partial charge on any atom is 0.242 e. The quantitative estimate of drug-likeness (QED) is 0.584. The molecular weight excluding hydrogens is 450 g/mol. The Labute approximate surface area is 204 Å². The lowest BCUT2D eigenvalue weighted by Gasteiger charge is -2.20. The molecule has 2 heterocycles. The standard InChI is InChI=1S/C26H29N3O4S/c1-16-11-17(2)13-21(12-16)28-26-29(15-22-5-4-10-33-22)25(32)23(34-26)14-24(31)27-20-8-6-19(7-9-20)18(3)30/h6-9,11-13,22-23H,4-5,10,14-15H2,1-3H3,(H,27,31). The molecule has 7 nitrogen and oxygen atoms in total. The average Bonchev–Trinajstić information content (AvgIpc) is 3.38. The van der Waals surface area contributed by atoms with Gasteiger partial charge in [0.15, 0.2) is 11.0 Å². The largest absolute Gasteiger partial charge is 0.376 e. The first-order valence-electron chi connectivity index (χ1n) is 11.5. The van der Waals surface area contributed by atoms with E-state index in [9.17, 15) is 14.4 Å². The SMILES string of the molecule is CC(=O)c1ccc(NC(=O)CC2SC(=Nc3cc(C)cc(C)c3)N(CC3CCCO3)C2=O)cc1. The van der Waals surface area contributed by atoms with Crippen LogP contribution in [0.1, 0.15) is 47.7 Å². The molecule has 2 aromatic carbocycles. The second-order valence-electron chi connectivity index (χ2n) is 8.82. The highest BCUT2D eigenvalue weighted by atomic mass is 32.2. The zero-order chi connectivity index (χ0) is 24.2. The number of aryl methyl sites for hydroxylation is 2. The lowest BCUT2D eigenvalue weighted by Crippen LogP contribution is -2.38. The van der Waals surface area contributed by atoms with Gasteiger partial charge in [-0.1, -0.05) is 17.8 Å². The summed E-state index contributed by atoms with van der Waals surface area (Å²) in [6.07, 6.45) is 1.91. The number of ether oxygens (including phenoxy) is 1. The van der Waals surface area contributed by atoms with Gasteiger partial charge in [-0.15, -0.1) is 0 Å². The minimum atomic E-state index is -0.553. The highest BCUT2D eigenvalue weighted by Gasteiger charge is 2.40. The molecule has 0 saturated carbocycles. The van der Waals surface area contributed by atoms with Gasteiger partial charge in [-0.3, -0.25) is 19.3 Å². The average molecular weight is 480 g/mol. The van der Waals surface area contributed by atoms with Crippen LogP contribution >= 0.6 is 11.8 Å². The van der Waals surface area contributed by atoms with E-state index in [4.69, 9.17) is 9.73 Å². The Bertz CT molecular complexity index is 1100. The number of amides is 2. The third-order valence-electron chi connectivity index (χ3n) is 5.81. The summed E-state index contributed by atoms with van der Waals surface area (Å²) >= 11 is 1.33. The number of ketones is 1. The highest BCUT2D eigenvalue weighted by molar-refractivity contribution is 8.15. The Balaban J connectivity index is 1.49. The van der Waals surface area contributed by atoms with E-state index in [2.05, 4.69) is 11.4 Å². The summed E-state index contributed by atoms with van der Waals surface area (Å²) in [4.78, 5) is 43.9. The van der Waals surface area contributed by atoms with Crippen LogP contribution < -0.4 is 5.32 Å². The summed E-state index contributed by atoms with van der Waals surface area (Å²) in [5.74, 6) is -0.412. The van der Waals surface area contributed by atoms with E-state index in [1.165, 1.54) is 18.7 Å². The topological polar surface area (TPSA) is 88.1 Å². The minimum Gasteiger partial charge on any atom is -0.376 e. The number of carbonyl (C=O) groups is 3. The summed E-state index contributed by atoms with van der Waals surface area (Å²) in [7, 11) is 0. The van der Waals surface area contributed by atoms with Crippen molar-refractivity contribution in [3.63, 3.8) is 0 Å². The molecule has 2 amide bonds. The van der Waals surface area contributed by atoms with Gasteiger partial charge in [0, 0.05) is 24.3 Å². The number of amidine groups is 1. The van der Waals surface area contributed by atoms with Gasteiger partial charge in [-0.05, 0) is 81.1 Å². The van der Waals surface area contributed by atoms with Crippen molar-refractivity contribution in [1.29, 1.82) is 0 Å². The predicted molar refractivity (Wildman–Crippen MR) is 135 cm³/mol. The van der Waals surface area contributed by atoms with Crippen molar-refractivity contribution in [3.05, 3.63) is 59.2 Å². The van der Waals surface area contributed by atoms with E-state index in [0.717, 1.165) is 29.7 Å². The predicted octanol–water partition coefficient (Wildman–Crippen LogP) is 4.65. The number of anilines is 1. The molecule has 2 aliphatic rings. The van der Waals surface area contributed by atoms with E-state index in [-0.39, 0.29) is 30.1 Å². The van der Waals surface area contributed by atoms with Gasteiger partial charge in [0.25, 0.3) is 0 Å². The van der Waals surface area contributed by atoms with Crippen LogP contribution in [0.15, 0.2) is 47.5 Å². The Morgan fingerprint density at radius 2 is 1.85 bits per heavy atom. The summed E-state index contributed by atoms with van der Waals surface area (Å²) < 4.78 is 5.76. The molecule has 2 fully saturated rings. The monoisotopic (exact) mass is 479 g/mol. The summed E-state index contributed by atoms with van der Waals surface area (Å²) in [6.45, 7) is 6.68. The van der Waals surface area contributed by atoms with Crippen molar-refractivity contribution >= 4 is 45.9 Å². The molecule has 34 heavy (non-hydrogen) atoms. The molecule has 2 atom stereocenters. The Morgan fingerprint density at radius 3 is 2.47 bits per heavy atom. The second kappa shape index (κ2) is 10.5. The summed E-state index contributed by atoms with van der Waals surface area (Å²) in [5, 5.41) is 2.88. The maximum absolute atomic E-state index is 13.3. The lowest BCUT2D eigenvalue weighted by atomic mass is 10.1. The smallest absolute Gasteiger partial charge is 0.242 e. The molecule has 0 radical (unpaired) electrons. The fourth-order valence-electron chi connectivity index (χ4n) is 4.18. The van der Waals surface area contributed by atoms with Crippen molar-refractivity contribution in [2.45, 2.75) is 51.4 Å². The van der Waals surface area contributed by atoms with Crippen LogP contribution in [0.4, 0.5) is 11.4 Å². The third-order valence-corrected chi connectivity index (χ3v) is 6.98. The van der Waals surface area contributed by atoms with E-state index in [1.807, 2.05) is 26.0 Å². The van der Waals surface area contributed by atoms with Crippen LogP contribution in [-0.2, 0) is 14.3 Å². The van der Waals surface area contributed by atoms with Gasteiger partial charge in [0.1, 0.15) is 5.25 Å². The number of hydrogen-bond donors (Lipinski definition) is 1. The van der Waals surface area contributed by atoms with Crippen LogP contribution in [0.3, 0.4) is 0 Å². The van der Waals surface area contributed by atoms with Crippen molar-refractivity contribution in [3.8, 4) is 0 Å². The van der Waals surface area contributed by atoms with Crippen LogP contribution in [0.2, 0.25) is 0 Å². The highest BCUT2D eigenvalue weighted by Crippen LogP contribution is 2.33. The molecule has 178 valence electrons. The number of nitrogens with one attached hydrogen (secondary N) is 1. The number of Topliss-reactive ketones (excluding diaryl/α,β-unsaturated/α-hetero) is 1. The lowest BCUT2D eigenvalue weighted by molar-refractivity contribution is -0.129. The van der Waals surface area contributed by atoms with Crippen LogP contribution in [0, 0.1) is 13.8 Å². The number of nitrogens with zero attached hydrogens (tertiary/aromatic N) is 2. The molecule has 2 aromatic rings. The van der Waals surface area contributed by atoms with Crippen molar-refractivity contribution in [2.24, 2.45) is 4.99 Å². The van der Waals surface area contributed by atoms with Crippen molar-refractivity contribution in [1.82, 2.24) is 4.90 Å². The van der Waals surface area contributed by atoms with E-state index in [1.54, 1.807) is 29.2 Å². The number of aliphatic imine (C=N–C) groups is 1. The first-order valence-corrected chi connectivity index (χ1v) is 12.3. The number of thioether (sulfide) groups is 1. The molecule has 2 saturated heterocycles. The van der Waals surface area contributed by atoms with Gasteiger partial charge in [-0.2, -0.15) is 0 Å². The zero-order valence-corrected chi connectivity index (χ0v) is 20.5. The molecule has 0 bridgehead atoms. The Hall–Kier alpha value is -2.97. The van der Waals surface area contributed by atoms with E-state index in [0.29, 0.717) is 29.6 Å². The third kappa shape index (κ3) is 5.93. The van der Waals surface area contributed by atoms with Gasteiger partial charge in [0.2, 0.25) is 11.8 Å². The molecule has 0 spiro atoms. The van der Waals surface area contributed by atoms with Crippen LogP contribution in [0.25, 0.3) is 0 Å². The molecule has 1 N–H and O–H groups in total. The zero-order valence-electron chi connectivity index (χ0n) is 19.7. The van der Waals surface area contributed by atoms with Crippen LogP contribution in [-0.4, -0.2) is 52.2 Å². The molecule has 2 unspecified atom stereocenters. The van der Waals surface area contributed by atoms with E-state index >= 15 is 0 Å².